The molecule has 0 unspecified atom stereocenters. The highest BCUT2D eigenvalue weighted by Crippen LogP contribution is 2.21. The smallest absolute Gasteiger partial charge is 0.243 e. The first kappa shape index (κ1) is 65.8. The Balaban J connectivity index is 2.49. The Labute approximate surface area is 452 Å². The Kier molecular flexibility index (Phi) is 28.7. The van der Waals surface area contributed by atoms with E-state index in [0.29, 0.717) is 31.5 Å². The van der Waals surface area contributed by atoms with Crippen LogP contribution in [0.2, 0.25) is 0 Å². The van der Waals surface area contributed by atoms with Crippen molar-refractivity contribution in [2.75, 3.05) is 19.6 Å². The maximum Gasteiger partial charge on any atom is 0.243 e. The Bertz CT molecular complexity index is 2250. The highest BCUT2D eigenvalue weighted by Gasteiger charge is 2.38. The van der Waals surface area contributed by atoms with Crippen molar-refractivity contribution in [3.63, 3.8) is 0 Å². The predicted octanol–water partition coefficient (Wildman–Crippen LogP) is -2.22. The maximum absolute atomic E-state index is 14.5. The molecule has 77 heavy (non-hydrogen) atoms. The number of hydrogen-bond acceptors (Lipinski definition) is 13. The molecule has 9 atom stereocenters. The summed E-state index contributed by atoms with van der Waals surface area (Å²) in [4.78, 5) is 126. The van der Waals surface area contributed by atoms with Crippen molar-refractivity contribution >= 4 is 59.2 Å². The first-order valence-electron chi connectivity index (χ1n) is 26.3. The highest BCUT2D eigenvalue weighted by molar-refractivity contribution is 5.98. The van der Waals surface area contributed by atoms with Gasteiger partial charge in [-0.2, -0.15) is 0 Å². The number of primary amides is 1. The van der Waals surface area contributed by atoms with Crippen molar-refractivity contribution in [3.05, 3.63) is 54.1 Å². The molecule has 0 bridgehead atoms. The van der Waals surface area contributed by atoms with Crippen LogP contribution in [0.4, 0.5) is 0 Å². The van der Waals surface area contributed by atoms with Gasteiger partial charge in [-0.25, -0.2) is 4.98 Å². The minimum absolute atomic E-state index is 0.0455. The number of aromatic nitrogens is 2. The van der Waals surface area contributed by atoms with Gasteiger partial charge < -0.3 is 82.3 Å². The SMILES string of the molecule is CC[C@H](C)[C@H](NC(=O)[C@H](CC(C)C)NC(=O)[C@H](CCCN=C(N)N)NC(=O)[C@H](CCCN=C(N)N)NC(=O)[C@H](CCCCN)NC(=O)[C@@H](NC(=O)[C@@H](N)Cc1cnc[nH]1)C(C)(C)C)C(=O)N[C@@H](Cc1ccccc1)C(N)=O. The normalized spacial score (nSPS) is 14.8. The summed E-state index contributed by atoms with van der Waals surface area (Å²) in [6.07, 6.45) is 5.00. The van der Waals surface area contributed by atoms with Crippen molar-refractivity contribution < 1.29 is 38.4 Å². The Morgan fingerprint density at radius 1 is 0.610 bits per heavy atom. The second kappa shape index (κ2) is 33.6. The number of nitrogens with zero attached hydrogens (tertiary/aromatic N) is 3. The van der Waals surface area contributed by atoms with Gasteiger partial charge in [-0.05, 0) is 80.7 Å². The molecule has 0 aliphatic rings. The number of carbonyl (C=O) groups is 8. The molecule has 26 heteroatoms. The second-order valence-corrected chi connectivity index (χ2v) is 20.8. The molecule has 2 aromatic rings. The van der Waals surface area contributed by atoms with E-state index in [1.807, 2.05) is 26.8 Å². The molecule has 8 amide bonds. The standard InChI is InChI=1S/C51H88N18O8/c1-8-30(4)39(47(76)66-37(41(54)70)25-31-16-10-9-11-17-31)68-46(75)38(24-29(2)3)67-45(74)36(20-15-23-61-50(57)58)64-44(73)35(19-14-22-60-49(55)56)63-43(72)34(18-12-13-21-52)65-48(77)40(51(5,6)7)69-42(71)33(53)26-32-27-59-28-62-32/h9-11,16-17,27-30,33-40H,8,12-15,18-26,52-53H2,1-7H3,(H2,54,70)(H,59,62)(H,63,72)(H,64,73)(H,65,77)(H,66,76)(H,67,74)(H,68,75)(H,69,71)(H4,55,56,60)(H4,57,58,61)/t30-,33-,34-,35-,36-,37-,38-,39-,40+/m0/s1. The minimum Gasteiger partial charge on any atom is -0.370 e. The lowest BCUT2D eigenvalue weighted by atomic mass is 9.85. The molecule has 0 spiro atoms. The molecule has 0 saturated heterocycles. The van der Waals surface area contributed by atoms with Gasteiger partial charge in [-0.15, -0.1) is 0 Å². The molecule has 1 heterocycles. The Morgan fingerprint density at radius 3 is 1.56 bits per heavy atom. The number of guanidine groups is 2. The molecule has 430 valence electrons. The Hall–Kier alpha value is -7.35. The fourth-order valence-electron chi connectivity index (χ4n) is 8.02. The lowest BCUT2D eigenvalue weighted by Gasteiger charge is -2.33. The topological polar surface area (TPSA) is 456 Å². The maximum atomic E-state index is 14.5. The molecule has 0 saturated carbocycles. The van der Waals surface area contributed by atoms with Crippen LogP contribution in [-0.2, 0) is 51.2 Å². The number of amides is 8. The van der Waals surface area contributed by atoms with E-state index in [-0.39, 0.29) is 82.3 Å². The summed E-state index contributed by atoms with van der Waals surface area (Å²) in [5.74, 6) is -6.75. The number of unbranched alkanes of at least 4 members (excludes halogenated alkanes) is 1. The van der Waals surface area contributed by atoms with Crippen LogP contribution in [-0.4, -0.2) is 137 Å². The van der Waals surface area contributed by atoms with Gasteiger partial charge in [0.15, 0.2) is 11.9 Å². The summed E-state index contributed by atoms with van der Waals surface area (Å²) in [6.45, 7) is 12.9. The number of aromatic amines is 1. The van der Waals surface area contributed by atoms with E-state index < -0.39 is 107 Å². The average Bonchev–Trinajstić information content (AvgIpc) is 3.88. The molecule has 0 aliphatic carbocycles. The van der Waals surface area contributed by atoms with Gasteiger partial charge in [0.1, 0.15) is 42.3 Å². The van der Waals surface area contributed by atoms with Gasteiger partial charge in [0.2, 0.25) is 47.3 Å². The number of carbonyl (C=O) groups excluding carboxylic acids is 8. The largest absolute Gasteiger partial charge is 0.370 e. The van der Waals surface area contributed by atoms with Gasteiger partial charge in [0, 0.05) is 37.8 Å². The van der Waals surface area contributed by atoms with E-state index in [0.717, 1.165) is 5.56 Å². The molecule has 2 rings (SSSR count). The number of imidazole rings is 1. The number of H-pyrrole nitrogens is 1. The third kappa shape index (κ3) is 24.9. The van der Waals surface area contributed by atoms with Crippen LogP contribution in [0.1, 0.15) is 118 Å². The summed E-state index contributed by atoms with van der Waals surface area (Å²) >= 11 is 0. The van der Waals surface area contributed by atoms with E-state index in [4.69, 9.17) is 40.1 Å². The zero-order chi connectivity index (χ0) is 57.8. The molecule has 22 N–H and O–H groups in total. The van der Waals surface area contributed by atoms with E-state index in [2.05, 4.69) is 57.2 Å². The minimum atomic E-state index is -1.34. The van der Waals surface area contributed by atoms with Gasteiger partial charge in [-0.3, -0.25) is 48.3 Å². The monoisotopic (exact) mass is 1080 g/mol. The van der Waals surface area contributed by atoms with Crippen molar-refractivity contribution in [1.82, 2.24) is 47.2 Å². The number of hydrogen-bond donors (Lipinski definition) is 15. The average molecular weight is 1080 g/mol. The lowest BCUT2D eigenvalue weighted by molar-refractivity contribution is -0.136. The van der Waals surface area contributed by atoms with Gasteiger partial charge in [-0.1, -0.05) is 85.2 Å². The fourth-order valence-corrected chi connectivity index (χ4v) is 8.02. The zero-order valence-corrected chi connectivity index (χ0v) is 45.9. The van der Waals surface area contributed by atoms with E-state index in [9.17, 15) is 38.4 Å². The second-order valence-electron chi connectivity index (χ2n) is 20.8. The van der Waals surface area contributed by atoms with Crippen LogP contribution in [0.5, 0.6) is 0 Å². The van der Waals surface area contributed by atoms with E-state index in [1.54, 1.807) is 52.0 Å². The van der Waals surface area contributed by atoms with Crippen LogP contribution in [0.25, 0.3) is 0 Å². The van der Waals surface area contributed by atoms with E-state index in [1.165, 1.54) is 12.5 Å². The molecule has 0 fully saturated rings. The van der Waals surface area contributed by atoms with Gasteiger partial charge >= 0.3 is 0 Å². The van der Waals surface area contributed by atoms with Crippen LogP contribution in [0.3, 0.4) is 0 Å². The first-order chi connectivity index (χ1) is 36.3. The third-order valence-electron chi connectivity index (χ3n) is 12.6. The number of aliphatic imine (C=N–C) groups is 2. The summed E-state index contributed by atoms with van der Waals surface area (Å²) < 4.78 is 0. The van der Waals surface area contributed by atoms with Gasteiger partial charge in [0.25, 0.3) is 0 Å². The predicted molar refractivity (Wildman–Crippen MR) is 294 cm³/mol. The molecular formula is C51H88N18O8. The highest BCUT2D eigenvalue weighted by atomic mass is 16.2. The summed E-state index contributed by atoms with van der Waals surface area (Å²) in [5.41, 5.74) is 40.5. The summed E-state index contributed by atoms with van der Waals surface area (Å²) in [7, 11) is 0. The van der Waals surface area contributed by atoms with Crippen molar-refractivity contribution in [3.8, 4) is 0 Å². The summed E-state index contributed by atoms with van der Waals surface area (Å²) in [5, 5.41) is 19.3. The van der Waals surface area contributed by atoms with Crippen molar-refractivity contribution in [2.45, 2.75) is 167 Å². The fraction of sp³-hybridized carbons (Fsp3) is 0.627. The third-order valence-corrected chi connectivity index (χ3v) is 12.6. The quantitative estimate of drug-likeness (QED) is 0.0198. The number of rotatable bonds is 35. The number of benzene rings is 1. The molecule has 26 nitrogen and oxygen atoms in total. The zero-order valence-electron chi connectivity index (χ0n) is 45.9. The number of nitrogens with one attached hydrogen (secondary N) is 8. The van der Waals surface area contributed by atoms with Crippen LogP contribution >= 0.6 is 0 Å². The van der Waals surface area contributed by atoms with Crippen LogP contribution in [0.15, 0.2) is 52.8 Å². The van der Waals surface area contributed by atoms with Gasteiger partial charge in [0.05, 0.1) is 12.4 Å². The first-order valence-corrected chi connectivity index (χ1v) is 26.3. The van der Waals surface area contributed by atoms with Crippen LogP contribution in [0, 0.1) is 17.3 Å². The summed E-state index contributed by atoms with van der Waals surface area (Å²) in [6, 6.07) is -0.603. The van der Waals surface area contributed by atoms with Crippen molar-refractivity contribution in [2.24, 2.45) is 67.4 Å². The van der Waals surface area contributed by atoms with Crippen molar-refractivity contribution in [1.29, 1.82) is 0 Å². The molecular weight excluding hydrogens is 993 g/mol. The molecule has 0 aliphatic heterocycles. The van der Waals surface area contributed by atoms with Crippen LogP contribution < -0.4 is 77.4 Å². The number of nitrogens with two attached hydrogens (primary N) is 7. The lowest BCUT2D eigenvalue weighted by Crippen LogP contribution is -2.61. The molecule has 1 aromatic heterocycles. The Morgan fingerprint density at radius 2 is 1.10 bits per heavy atom. The molecule has 1 aromatic carbocycles. The van der Waals surface area contributed by atoms with E-state index >= 15 is 0 Å². The molecule has 0 radical (unpaired) electrons.